The molecule has 2 nitrogen and oxygen atoms in total. The van der Waals surface area contributed by atoms with Crippen molar-refractivity contribution in [2.75, 3.05) is 0 Å². The second kappa shape index (κ2) is 15.4. The van der Waals surface area contributed by atoms with E-state index in [1.54, 1.807) is 0 Å². The van der Waals surface area contributed by atoms with Gasteiger partial charge in [-0.2, -0.15) is 12.6 Å². The molecule has 1 atom stereocenters. The molecule has 0 aliphatic heterocycles. The van der Waals surface area contributed by atoms with E-state index in [1.807, 2.05) is 6.92 Å². The first-order valence-corrected chi connectivity index (χ1v) is 10.5. The van der Waals surface area contributed by atoms with Crippen LogP contribution < -0.4 is 0 Å². The van der Waals surface area contributed by atoms with Crippen molar-refractivity contribution in [2.45, 2.75) is 121 Å². The third-order valence-electron chi connectivity index (χ3n) is 4.93. The van der Waals surface area contributed by atoms with Crippen LogP contribution in [-0.4, -0.2) is 15.8 Å². The van der Waals surface area contributed by atoms with Crippen molar-refractivity contribution in [3.05, 3.63) is 0 Å². The van der Waals surface area contributed by atoms with E-state index < -0.39 is 10.7 Å². The summed E-state index contributed by atoms with van der Waals surface area (Å²) in [7, 11) is 0. The van der Waals surface area contributed by atoms with Gasteiger partial charge in [0.05, 0.1) is 0 Å². The molecule has 0 bridgehead atoms. The molecule has 0 radical (unpaired) electrons. The summed E-state index contributed by atoms with van der Waals surface area (Å²) in [6, 6.07) is 0. The smallest absolute Gasteiger partial charge is 0.319 e. The van der Waals surface area contributed by atoms with Gasteiger partial charge in [0.2, 0.25) is 0 Å². The minimum atomic E-state index is -0.808. The maximum absolute atomic E-state index is 11.1. The Kier molecular flexibility index (Phi) is 15.2. The van der Waals surface area contributed by atoms with E-state index in [-0.39, 0.29) is 0 Å². The summed E-state index contributed by atoms with van der Waals surface area (Å²) in [5.41, 5.74) is 0. The number of carboxylic acids is 1. The molecular formula is C20H40O2S. The lowest BCUT2D eigenvalue weighted by Crippen LogP contribution is -2.31. The van der Waals surface area contributed by atoms with Crippen LogP contribution in [0.2, 0.25) is 0 Å². The second-order valence-electron chi connectivity index (χ2n) is 7.04. The third-order valence-corrected chi connectivity index (χ3v) is 5.66. The minimum absolute atomic E-state index is 0.601. The quantitative estimate of drug-likeness (QED) is 0.220. The molecule has 0 aromatic carbocycles. The molecule has 0 aromatic rings. The molecule has 1 unspecified atom stereocenters. The summed E-state index contributed by atoms with van der Waals surface area (Å²) in [6.45, 7) is 4.18. The van der Waals surface area contributed by atoms with Crippen LogP contribution in [0.15, 0.2) is 0 Å². The van der Waals surface area contributed by atoms with Gasteiger partial charge in [0.15, 0.2) is 0 Å². The summed E-state index contributed by atoms with van der Waals surface area (Å²) in [6.07, 6.45) is 19.9. The Morgan fingerprint density at radius 3 is 1.39 bits per heavy atom. The standard InChI is InChI=1S/C20H40O2S/c1-3-5-6-7-8-9-10-11-12-13-14-15-16-17-18-20(23,4-2)19(21)22/h23H,3-18H2,1-2H3,(H,21,22). The van der Waals surface area contributed by atoms with Crippen molar-refractivity contribution in [1.29, 1.82) is 0 Å². The summed E-state index contributed by atoms with van der Waals surface area (Å²) >= 11 is 4.33. The second-order valence-corrected chi connectivity index (χ2v) is 7.89. The number of rotatable bonds is 17. The van der Waals surface area contributed by atoms with Crippen molar-refractivity contribution in [1.82, 2.24) is 0 Å². The van der Waals surface area contributed by atoms with E-state index in [9.17, 15) is 4.79 Å². The fraction of sp³-hybridized carbons (Fsp3) is 0.950. The Morgan fingerprint density at radius 2 is 1.09 bits per heavy atom. The number of hydrogen-bond acceptors (Lipinski definition) is 2. The topological polar surface area (TPSA) is 37.3 Å². The molecule has 0 spiro atoms. The highest BCUT2D eigenvalue weighted by molar-refractivity contribution is 7.82. The maximum Gasteiger partial charge on any atom is 0.319 e. The first-order chi connectivity index (χ1) is 11.1. The fourth-order valence-corrected chi connectivity index (χ4v) is 3.21. The lowest BCUT2D eigenvalue weighted by atomic mass is 9.96. The maximum atomic E-state index is 11.1. The minimum Gasteiger partial charge on any atom is -0.480 e. The predicted molar refractivity (Wildman–Crippen MR) is 105 cm³/mol. The highest BCUT2D eigenvalue weighted by Crippen LogP contribution is 2.27. The molecule has 3 heteroatoms. The molecule has 0 amide bonds. The van der Waals surface area contributed by atoms with Gasteiger partial charge in [0.1, 0.15) is 4.75 Å². The van der Waals surface area contributed by atoms with Crippen LogP contribution in [0.3, 0.4) is 0 Å². The van der Waals surface area contributed by atoms with Gasteiger partial charge in [-0.05, 0) is 12.8 Å². The zero-order valence-electron chi connectivity index (χ0n) is 15.6. The molecule has 1 N–H and O–H groups in total. The Morgan fingerprint density at radius 1 is 0.739 bits per heavy atom. The van der Waals surface area contributed by atoms with Crippen molar-refractivity contribution >= 4 is 18.6 Å². The predicted octanol–water partition coefficient (Wildman–Crippen LogP) is 7.02. The van der Waals surface area contributed by atoms with Gasteiger partial charge in [0.25, 0.3) is 0 Å². The largest absolute Gasteiger partial charge is 0.480 e. The average Bonchev–Trinajstić information content (AvgIpc) is 2.54. The van der Waals surface area contributed by atoms with E-state index in [0.717, 1.165) is 12.8 Å². The number of carbonyl (C=O) groups is 1. The summed E-state index contributed by atoms with van der Waals surface area (Å²) in [4.78, 5) is 11.1. The SMILES string of the molecule is CCCCCCCCCCCCCCCCC(S)(CC)C(=O)O. The van der Waals surface area contributed by atoms with Crippen molar-refractivity contribution in [2.24, 2.45) is 0 Å². The fourth-order valence-electron chi connectivity index (χ4n) is 3.05. The zero-order chi connectivity index (χ0) is 17.4. The van der Waals surface area contributed by atoms with Crippen LogP contribution in [-0.2, 0) is 4.79 Å². The Balaban J connectivity index is 3.26. The van der Waals surface area contributed by atoms with Crippen LogP contribution >= 0.6 is 12.6 Å². The van der Waals surface area contributed by atoms with E-state index in [2.05, 4.69) is 19.6 Å². The van der Waals surface area contributed by atoms with Gasteiger partial charge >= 0.3 is 5.97 Å². The molecule has 0 aliphatic rings. The van der Waals surface area contributed by atoms with Crippen LogP contribution in [0, 0.1) is 0 Å². The third kappa shape index (κ3) is 12.9. The lowest BCUT2D eigenvalue weighted by Gasteiger charge is -2.21. The molecular weight excluding hydrogens is 304 g/mol. The normalized spacial score (nSPS) is 13.9. The van der Waals surface area contributed by atoms with Crippen LogP contribution in [0.1, 0.15) is 117 Å². The molecule has 23 heavy (non-hydrogen) atoms. The van der Waals surface area contributed by atoms with E-state index in [1.165, 1.54) is 77.0 Å². The van der Waals surface area contributed by atoms with Crippen LogP contribution in [0.4, 0.5) is 0 Å². The van der Waals surface area contributed by atoms with E-state index in [0.29, 0.717) is 12.8 Å². The zero-order valence-corrected chi connectivity index (χ0v) is 16.5. The highest BCUT2D eigenvalue weighted by Gasteiger charge is 2.31. The number of aliphatic carboxylic acids is 1. The first-order valence-electron chi connectivity index (χ1n) is 10.0. The molecule has 0 heterocycles. The number of unbranched alkanes of at least 4 members (excludes halogenated alkanes) is 13. The molecule has 0 aliphatic carbocycles. The molecule has 0 saturated heterocycles. The van der Waals surface area contributed by atoms with Crippen LogP contribution in [0.25, 0.3) is 0 Å². The number of carboxylic acid groups (broad SMARTS) is 1. The van der Waals surface area contributed by atoms with Gasteiger partial charge in [-0.3, -0.25) is 4.79 Å². The monoisotopic (exact) mass is 344 g/mol. The van der Waals surface area contributed by atoms with Gasteiger partial charge in [-0.15, -0.1) is 0 Å². The Hall–Kier alpha value is -0.180. The van der Waals surface area contributed by atoms with Crippen molar-refractivity contribution in [3.8, 4) is 0 Å². The molecule has 138 valence electrons. The molecule has 0 aromatic heterocycles. The lowest BCUT2D eigenvalue weighted by molar-refractivity contribution is -0.140. The van der Waals surface area contributed by atoms with Crippen molar-refractivity contribution in [3.63, 3.8) is 0 Å². The van der Waals surface area contributed by atoms with E-state index in [4.69, 9.17) is 5.11 Å². The number of thiol groups is 1. The van der Waals surface area contributed by atoms with Gasteiger partial charge in [-0.25, -0.2) is 0 Å². The summed E-state index contributed by atoms with van der Waals surface area (Å²) < 4.78 is -0.808. The molecule has 0 fully saturated rings. The molecule has 0 saturated carbocycles. The van der Waals surface area contributed by atoms with Crippen LogP contribution in [0.5, 0.6) is 0 Å². The van der Waals surface area contributed by atoms with Gasteiger partial charge < -0.3 is 5.11 Å². The molecule has 0 rings (SSSR count). The van der Waals surface area contributed by atoms with Gasteiger partial charge in [-0.1, -0.05) is 104 Å². The van der Waals surface area contributed by atoms with Crippen molar-refractivity contribution < 1.29 is 9.90 Å². The van der Waals surface area contributed by atoms with Gasteiger partial charge in [0, 0.05) is 0 Å². The Labute approximate surface area is 150 Å². The summed E-state index contributed by atoms with van der Waals surface area (Å²) in [5, 5.41) is 9.16. The Bertz CT molecular complexity index is 281. The average molecular weight is 345 g/mol. The number of hydrogen-bond donors (Lipinski definition) is 2. The summed E-state index contributed by atoms with van der Waals surface area (Å²) in [5.74, 6) is -0.766. The first kappa shape index (κ1) is 22.8. The highest BCUT2D eigenvalue weighted by atomic mass is 32.1. The van der Waals surface area contributed by atoms with E-state index >= 15 is 0 Å².